The van der Waals surface area contributed by atoms with Gasteiger partial charge in [0.2, 0.25) is 0 Å². The molecule has 4 heteroatoms. The van der Waals surface area contributed by atoms with Crippen molar-refractivity contribution < 1.29 is 19.0 Å². The molecular weight excluding hydrogens is 244 g/mol. The van der Waals surface area contributed by atoms with E-state index in [1.807, 2.05) is 38.1 Å². The number of esters is 1. The van der Waals surface area contributed by atoms with Gasteiger partial charge >= 0.3 is 5.97 Å². The highest BCUT2D eigenvalue weighted by atomic mass is 16.5. The van der Waals surface area contributed by atoms with Crippen LogP contribution in [0.25, 0.3) is 6.08 Å². The second-order valence-electron chi connectivity index (χ2n) is 4.13. The van der Waals surface area contributed by atoms with Gasteiger partial charge in [0.15, 0.2) is 11.5 Å². The molecule has 0 spiro atoms. The van der Waals surface area contributed by atoms with E-state index in [0.717, 1.165) is 11.3 Å². The van der Waals surface area contributed by atoms with E-state index in [1.165, 1.54) is 0 Å². The first-order chi connectivity index (χ1) is 9.24. The second-order valence-corrected chi connectivity index (χ2v) is 4.13. The summed E-state index contributed by atoms with van der Waals surface area (Å²) in [6.45, 7) is 5.49. The van der Waals surface area contributed by atoms with Crippen LogP contribution < -0.4 is 9.47 Å². The van der Waals surface area contributed by atoms with E-state index in [-0.39, 0.29) is 5.97 Å². The van der Waals surface area contributed by atoms with Crippen LogP contribution in [0, 0.1) is 0 Å². The average molecular weight is 262 g/mol. The molecular formula is C15H18O4. The van der Waals surface area contributed by atoms with Gasteiger partial charge in [0.1, 0.15) is 0 Å². The molecule has 0 saturated carbocycles. The van der Waals surface area contributed by atoms with Crippen LogP contribution in [0.3, 0.4) is 0 Å². The van der Waals surface area contributed by atoms with Crippen molar-refractivity contribution in [2.45, 2.75) is 20.3 Å². The molecule has 1 heterocycles. The van der Waals surface area contributed by atoms with Crippen LogP contribution in [-0.2, 0) is 9.53 Å². The van der Waals surface area contributed by atoms with E-state index < -0.39 is 0 Å². The number of hydrogen-bond donors (Lipinski definition) is 0. The van der Waals surface area contributed by atoms with Crippen LogP contribution in [0.1, 0.15) is 25.8 Å². The van der Waals surface area contributed by atoms with Crippen molar-refractivity contribution >= 4 is 12.0 Å². The Hall–Kier alpha value is -1.97. The van der Waals surface area contributed by atoms with Crippen LogP contribution >= 0.6 is 0 Å². The summed E-state index contributed by atoms with van der Waals surface area (Å²) < 4.78 is 16.0. The largest absolute Gasteiger partial charge is 0.490 e. The lowest BCUT2D eigenvalue weighted by Crippen LogP contribution is -1.99. The van der Waals surface area contributed by atoms with E-state index in [9.17, 15) is 4.79 Å². The number of hydrogen-bond acceptors (Lipinski definition) is 4. The van der Waals surface area contributed by atoms with E-state index in [4.69, 9.17) is 14.2 Å². The monoisotopic (exact) mass is 262 g/mol. The number of carbonyl (C=O) groups is 1. The molecule has 0 aromatic heterocycles. The molecule has 0 N–H and O–H groups in total. The minimum atomic E-state index is -0.230. The van der Waals surface area contributed by atoms with Crippen LogP contribution in [0.5, 0.6) is 11.5 Å². The summed E-state index contributed by atoms with van der Waals surface area (Å²) in [4.78, 5) is 11.4. The summed E-state index contributed by atoms with van der Waals surface area (Å²) in [6, 6.07) is 5.65. The Balaban J connectivity index is 2.27. The van der Waals surface area contributed by atoms with Gasteiger partial charge in [-0.05, 0) is 37.6 Å². The molecule has 0 radical (unpaired) electrons. The summed E-state index contributed by atoms with van der Waals surface area (Å²) >= 11 is 0. The Morgan fingerprint density at radius 2 is 1.95 bits per heavy atom. The zero-order chi connectivity index (χ0) is 13.7. The third-order valence-electron chi connectivity index (χ3n) is 2.78. The molecule has 0 unspecified atom stereocenters. The summed E-state index contributed by atoms with van der Waals surface area (Å²) in [5.74, 6) is 1.19. The van der Waals surface area contributed by atoms with Crippen molar-refractivity contribution in [2.75, 3.05) is 19.8 Å². The molecule has 19 heavy (non-hydrogen) atoms. The van der Waals surface area contributed by atoms with E-state index in [2.05, 4.69) is 0 Å². The van der Waals surface area contributed by atoms with Gasteiger partial charge < -0.3 is 14.2 Å². The second kappa shape index (κ2) is 6.27. The third-order valence-corrected chi connectivity index (χ3v) is 2.78. The molecule has 1 saturated heterocycles. The van der Waals surface area contributed by atoms with Gasteiger partial charge in [-0.25, -0.2) is 4.79 Å². The summed E-state index contributed by atoms with van der Waals surface area (Å²) in [5.41, 5.74) is 1.62. The molecule has 1 aliphatic rings. The lowest BCUT2D eigenvalue weighted by molar-refractivity contribution is -0.134. The smallest absolute Gasteiger partial charge is 0.334 e. The Labute approximate surface area is 113 Å². The molecule has 0 atom stereocenters. The van der Waals surface area contributed by atoms with Crippen molar-refractivity contribution in [1.29, 1.82) is 0 Å². The maximum absolute atomic E-state index is 11.4. The fourth-order valence-electron chi connectivity index (χ4n) is 1.94. The fraction of sp³-hybridized carbons (Fsp3) is 0.400. The zero-order valence-corrected chi connectivity index (χ0v) is 11.3. The van der Waals surface area contributed by atoms with Crippen molar-refractivity contribution in [3.05, 3.63) is 29.3 Å². The number of ether oxygens (including phenoxy) is 3. The number of benzene rings is 1. The minimum Gasteiger partial charge on any atom is -0.490 e. The van der Waals surface area contributed by atoms with Crippen molar-refractivity contribution in [1.82, 2.24) is 0 Å². The first-order valence-electron chi connectivity index (χ1n) is 6.52. The summed E-state index contributed by atoms with van der Waals surface area (Å²) in [5, 5.41) is 0. The maximum atomic E-state index is 11.4. The number of rotatable bonds is 5. The van der Waals surface area contributed by atoms with Gasteiger partial charge in [0.05, 0.1) is 19.8 Å². The first-order valence-corrected chi connectivity index (χ1v) is 6.52. The Bertz CT molecular complexity index is 491. The topological polar surface area (TPSA) is 44.8 Å². The third kappa shape index (κ3) is 3.28. The normalized spacial score (nSPS) is 16.5. The molecule has 0 bridgehead atoms. The van der Waals surface area contributed by atoms with E-state index >= 15 is 0 Å². The predicted molar refractivity (Wildman–Crippen MR) is 72.3 cm³/mol. The van der Waals surface area contributed by atoms with Crippen molar-refractivity contribution in [3.63, 3.8) is 0 Å². The highest BCUT2D eigenvalue weighted by molar-refractivity contribution is 5.95. The van der Waals surface area contributed by atoms with Gasteiger partial charge in [0, 0.05) is 12.0 Å². The van der Waals surface area contributed by atoms with Crippen LogP contribution in [0.15, 0.2) is 23.8 Å². The maximum Gasteiger partial charge on any atom is 0.334 e. The van der Waals surface area contributed by atoms with E-state index in [0.29, 0.717) is 37.6 Å². The molecule has 4 nitrogen and oxygen atoms in total. The molecule has 1 aromatic carbocycles. The lowest BCUT2D eigenvalue weighted by Gasteiger charge is -2.11. The molecule has 1 aromatic rings. The van der Waals surface area contributed by atoms with Gasteiger partial charge in [-0.3, -0.25) is 0 Å². The predicted octanol–water partition coefficient (Wildman–Crippen LogP) is 2.81. The van der Waals surface area contributed by atoms with Gasteiger partial charge in [-0.2, -0.15) is 0 Å². The Morgan fingerprint density at radius 1 is 1.21 bits per heavy atom. The molecule has 102 valence electrons. The number of carbonyl (C=O) groups excluding carboxylic acids is 1. The standard InChI is InChI=1S/C15H18O4/c1-3-17-13-6-5-11(10-14(13)18-4-2)9-12-7-8-19-15(12)16/h5-6,9-10H,3-4,7-8H2,1-2H3/b12-9-. The first kappa shape index (κ1) is 13.5. The van der Waals surface area contributed by atoms with Crippen LogP contribution in [0.4, 0.5) is 0 Å². The molecule has 1 aliphatic heterocycles. The average Bonchev–Trinajstić information content (AvgIpc) is 2.79. The summed E-state index contributed by atoms with van der Waals surface area (Å²) in [6.07, 6.45) is 2.50. The Kier molecular flexibility index (Phi) is 4.44. The number of cyclic esters (lactones) is 1. The Morgan fingerprint density at radius 3 is 2.58 bits per heavy atom. The van der Waals surface area contributed by atoms with Crippen LogP contribution in [-0.4, -0.2) is 25.8 Å². The molecule has 0 aliphatic carbocycles. The van der Waals surface area contributed by atoms with Crippen LogP contribution in [0.2, 0.25) is 0 Å². The lowest BCUT2D eigenvalue weighted by atomic mass is 10.1. The molecule has 2 rings (SSSR count). The quantitative estimate of drug-likeness (QED) is 0.604. The van der Waals surface area contributed by atoms with Gasteiger partial charge in [0.25, 0.3) is 0 Å². The SMILES string of the molecule is CCOc1ccc(/C=C2/CCOC2=O)cc1OCC. The minimum absolute atomic E-state index is 0.230. The molecule has 1 fully saturated rings. The fourth-order valence-corrected chi connectivity index (χ4v) is 1.94. The highest BCUT2D eigenvalue weighted by Gasteiger charge is 2.18. The van der Waals surface area contributed by atoms with Gasteiger partial charge in [-0.15, -0.1) is 0 Å². The zero-order valence-electron chi connectivity index (χ0n) is 11.3. The molecule has 0 amide bonds. The van der Waals surface area contributed by atoms with Gasteiger partial charge in [-0.1, -0.05) is 6.07 Å². The van der Waals surface area contributed by atoms with Crippen molar-refractivity contribution in [2.24, 2.45) is 0 Å². The van der Waals surface area contributed by atoms with E-state index in [1.54, 1.807) is 0 Å². The van der Waals surface area contributed by atoms with Crippen molar-refractivity contribution in [3.8, 4) is 11.5 Å². The summed E-state index contributed by atoms with van der Waals surface area (Å²) in [7, 11) is 0. The highest BCUT2D eigenvalue weighted by Crippen LogP contribution is 2.30.